The van der Waals surface area contributed by atoms with E-state index in [1.165, 1.54) is 16.3 Å². The van der Waals surface area contributed by atoms with Gasteiger partial charge in [-0.1, -0.05) is 152 Å². The summed E-state index contributed by atoms with van der Waals surface area (Å²) in [5.41, 5.74) is 11.2. The third-order valence-corrected chi connectivity index (χ3v) is 11.6. The summed E-state index contributed by atoms with van der Waals surface area (Å²) in [5.74, 6) is 0. The van der Waals surface area contributed by atoms with E-state index in [1.54, 1.807) is 0 Å². The molecule has 0 radical (unpaired) electrons. The summed E-state index contributed by atoms with van der Waals surface area (Å²) in [6.45, 7) is 0. The topological polar surface area (TPSA) is 29.5 Å². The van der Waals surface area contributed by atoms with Crippen LogP contribution in [-0.4, -0.2) is 0 Å². The van der Waals surface area contributed by atoms with Crippen molar-refractivity contribution in [2.75, 3.05) is 4.90 Å². The van der Waals surface area contributed by atoms with Crippen LogP contribution >= 0.6 is 0 Å². The third kappa shape index (κ3) is 4.86. The summed E-state index contributed by atoms with van der Waals surface area (Å²) in [4.78, 5) is 2.42. The number of hydrogen-bond acceptors (Lipinski definition) is 3. The van der Waals surface area contributed by atoms with Crippen molar-refractivity contribution in [2.24, 2.45) is 0 Å². The van der Waals surface area contributed by atoms with Gasteiger partial charge in [-0.3, -0.25) is 0 Å². The maximum absolute atomic E-state index is 6.78. The maximum Gasteiger partial charge on any atom is 0.143 e. The molecule has 0 atom stereocenters. The predicted molar refractivity (Wildman–Crippen MR) is 239 cm³/mol. The van der Waals surface area contributed by atoms with E-state index in [2.05, 4.69) is 205 Å². The van der Waals surface area contributed by atoms with E-state index in [9.17, 15) is 0 Å². The molecule has 0 amide bonds. The average molecular weight is 728 g/mol. The van der Waals surface area contributed by atoms with E-state index >= 15 is 0 Å². The molecule has 0 saturated heterocycles. The average Bonchev–Trinajstić information content (AvgIpc) is 3.87. The zero-order valence-electron chi connectivity index (χ0n) is 30.8. The van der Waals surface area contributed by atoms with Crippen molar-refractivity contribution in [3.63, 3.8) is 0 Å². The fourth-order valence-corrected chi connectivity index (χ4v) is 9.09. The lowest BCUT2D eigenvalue weighted by molar-refractivity contribution is 0.672. The van der Waals surface area contributed by atoms with E-state index in [-0.39, 0.29) is 0 Å². The summed E-state index contributed by atoms with van der Waals surface area (Å²) < 4.78 is 13.5. The Kier molecular flexibility index (Phi) is 6.93. The van der Waals surface area contributed by atoms with Gasteiger partial charge in [0.1, 0.15) is 22.3 Å². The van der Waals surface area contributed by atoms with Crippen LogP contribution < -0.4 is 4.90 Å². The van der Waals surface area contributed by atoms with Crippen LogP contribution in [0.3, 0.4) is 0 Å². The van der Waals surface area contributed by atoms with Gasteiger partial charge in [-0.15, -0.1) is 0 Å². The molecule has 0 spiro atoms. The Morgan fingerprint density at radius 2 is 0.825 bits per heavy atom. The van der Waals surface area contributed by atoms with Crippen LogP contribution in [0.25, 0.3) is 98.4 Å². The lowest BCUT2D eigenvalue weighted by Gasteiger charge is -2.29. The van der Waals surface area contributed by atoms with Crippen molar-refractivity contribution in [1.82, 2.24) is 0 Å². The van der Waals surface area contributed by atoms with E-state index in [4.69, 9.17) is 8.83 Å². The molecule has 57 heavy (non-hydrogen) atoms. The van der Waals surface area contributed by atoms with Crippen LogP contribution in [-0.2, 0) is 0 Å². The smallest absolute Gasteiger partial charge is 0.143 e. The van der Waals surface area contributed by atoms with E-state index in [1.807, 2.05) is 0 Å². The van der Waals surface area contributed by atoms with Crippen LogP contribution in [0, 0.1) is 0 Å². The van der Waals surface area contributed by atoms with Gasteiger partial charge in [0, 0.05) is 38.2 Å². The third-order valence-electron chi connectivity index (χ3n) is 11.6. The highest BCUT2D eigenvalue weighted by Gasteiger charge is 2.24. The molecular formula is C54H33NO2. The normalized spacial score (nSPS) is 11.9. The van der Waals surface area contributed by atoms with Crippen molar-refractivity contribution in [1.29, 1.82) is 0 Å². The summed E-state index contributed by atoms with van der Waals surface area (Å²) in [7, 11) is 0. The molecule has 12 rings (SSSR count). The minimum absolute atomic E-state index is 0.848. The predicted octanol–water partition coefficient (Wildman–Crippen LogP) is 15.7. The molecule has 2 heterocycles. The Morgan fingerprint density at radius 3 is 1.58 bits per heavy atom. The first-order valence-corrected chi connectivity index (χ1v) is 19.4. The lowest BCUT2D eigenvalue weighted by Crippen LogP contribution is -2.11. The Labute approximate surface area is 328 Å². The molecule has 0 fully saturated rings. The van der Waals surface area contributed by atoms with E-state index in [0.717, 1.165) is 99.2 Å². The van der Waals surface area contributed by atoms with Gasteiger partial charge >= 0.3 is 0 Å². The Bertz CT molecular complexity index is 3550. The molecule has 0 bridgehead atoms. The monoisotopic (exact) mass is 727 g/mol. The van der Waals surface area contributed by atoms with Gasteiger partial charge in [0.2, 0.25) is 0 Å². The number of furan rings is 2. The molecule has 12 aromatic rings. The molecule has 266 valence electrons. The zero-order valence-corrected chi connectivity index (χ0v) is 30.8. The molecule has 2 aromatic heterocycles. The largest absolute Gasteiger partial charge is 0.455 e. The number of nitrogens with zero attached hydrogens (tertiary/aromatic N) is 1. The standard InChI is InChI=1S/C54H33NO2/c1-4-19-39-34(13-1)16-10-23-40(39)37-17-9-18-38(33-37)55(48-26-12-28-50-52(48)46-32-30-36-15-3-6-21-42(36)54(46)57-50)47-25-8-7-22-43(47)44-24-11-27-49-51(44)45-31-29-35-14-2-5-20-41(35)53(45)56-49/h1-33H. The van der Waals surface area contributed by atoms with Gasteiger partial charge in [0.05, 0.1) is 16.8 Å². The van der Waals surface area contributed by atoms with Gasteiger partial charge < -0.3 is 13.7 Å². The number of rotatable bonds is 5. The lowest BCUT2D eigenvalue weighted by atomic mass is 9.95. The zero-order chi connectivity index (χ0) is 37.5. The van der Waals surface area contributed by atoms with Crippen LogP contribution in [0.15, 0.2) is 209 Å². The number of fused-ring (bicyclic) bond motifs is 11. The maximum atomic E-state index is 6.78. The Morgan fingerprint density at radius 1 is 0.316 bits per heavy atom. The SMILES string of the molecule is c1cc(-c2cccc3ccccc23)cc(N(c2ccccc2-c2cccc3oc4c5ccccc5ccc4c23)c2cccc3oc4c5ccccc5ccc4c23)c1. The van der Waals surface area contributed by atoms with Crippen molar-refractivity contribution in [2.45, 2.75) is 0 Å². The van der Waals surface area contributed by atoms with Crippen molar-refractivity contribution < 1.29 is 8.83 Å². The summed E-state index contributed by atoms with van der Waals surface area (Å²) in [6.07, 6.45) is 0. The quantitative estimate of drug-likeness (QED) is 0.177. The number of anilines is 3. The molecule has 0 aliphatic heterocycles. The second-order valence-electron chi connectivity index (χ2n) is 14.8. The Balaban J connectivity index is 1.16. The van der Waals surface area contributed by atoms with Gasteiger partial charge in [0.25, 0.3) is 0 Å². The van der Waals surface area contributed by atoms with Gasteiger partial charge in [-0.2, -0.15) is 0 Å². The molecule has 10 aromatic carbocycles. The molecule has 3 nitrogen and oxygen atoms in total. The van der Waals surface area contributed by atoms with Crippen LogP contribution in [0.5, 0.6) is 0 Å². The van der Waals surface area contributed by atoms with Crippen molar-refractivity contribution >= 4 is 93.3 Å². The molecule has 0 unspecified atom stereocenters. The summed E-state index contributed by atoms with van der Waals surface area (Å²) in [5, 5.41) is 11.4. The van der Waals surface area contributed by atoms with Crippen LogP contribution in [0.2, 0.25) is 0 Å². The summed E-state index contributed by atoms with van der Waals surface area (Å²) in [6, 6.07) is 71.5. The number of para-hydroxylation sites is 1. The van der Waals surface area contributed by atoms with Gasteiger partial charge in [0.15, 0.2) is 0 Å². The molecule has 0 N–H and O–H groups in total. The molecular weight excluding hydrogens is 695 g/mol. The van der Waals surface area contributed by atoms with E-state index in [0.29, 0.717) is 0 Å². The molecule has 0 saturated carbocycles. The van der Waals surface area contributed by atoms with Gasteiger partial charge in [-0.05, 0) is 86.8 Å². The molecule has 3 heteroatoms. The highest BCUT2D eigenvalue weighted by Crippen LogP contribution is 2.49. The van der Waals surface area contributed by atoms with Gasteiger partial charge in [-0.25, -0.2) is 0 Å². The van der Waals surface area contributed by atoms with Crippen molar-refractivity contribution in [3.8, 4) is 22.3 Å². The van der Waals surface area contributed by atoms with Crippen molar-refractivity contribution in [3.05, 3.63) is 200 Å². The fraction of sp³-hybridized carbons (Fsp3) is 0. The highest BCUT2D eigenvalue weighted by molar-refractivity contribution is 6.22. The molecule has 0 aliphatic rings. The minimum Gasteiger partial charge on any atom is -0.455 e. The first-order chi connectivity index (χ1) is 28.3. The number of benzene rings is 10. The van der Waals surface area contributed by atoms with E-state index < -0.39 is 0 Å². The second-order valence-corrected chi connectivity index (χ2v) is 14.8. The van der Waals surface area contributed by atoms with Crippen LogP contribution in [0.1, 0.15) is 0 Å². The first-order valence-electron chi connectivity index (χ1n) is 19.4. The second kappa shape index (κ2) is 12.5. The number of hydrogen-bond donors (Lipinski definition) is 0. The highest BCUT2D eigenvalue weighted by atomic mass is 16.3. The molecule has 0 aliphatic carbocycles. The minimum atomic E-state index is 0.848. The Hall–Kier alpha value is -7.62. The summed E-state index contributed by atoms with van der Waals surface area (Å²) >= 11 is 0. The fourth-order valence-electron chi connectivity index (χ4n) is 9.09. The van der Waals surface area contributed by atoms with Crippen LogP contribution in [0.4, 0.5) is 17.1 Å². The first kappa shape index (κ1) is 31.7.